The lowest BCUT2D eigenvalue weighted by atomic mass is 10.2. The largest absolute Gasteiger partial charge is 0.397 e. The number of hydrogen-bond donors (Lipinski definition) is 2. The number of halogens is 2. The van der Waals surface area contributed by atoms with Gasteiger partial charge in [0.15, 0.2) is 0 Å². The molecule has 0 aliphatic heterocycles. The minimum absolute atomic E-state index is 0.242. The van der Waals surface area contributed by atoms with Crippen LogP contribution in [0, 0.1) is 12.7 Å². The highest BCUT2D eigenvalue weighted by Gasteiger charge is 2.08. The fourth-order valence-electron chi connectivity index (χ4n) is 1.53. The van der Waals surface area contributed by atoms with Crippen molar-refractivity contribution in [2.75, 3.05) is 11.1 Å². The topological polar surface area (TPSA) is 38.0 Å². The van der Waals surface area contributed by atoms with Crippen LogP contribution in [-0.4, -0.2) is 0 Å². The minimum Gasteiger partial charge on any atom is -0.397 e. The van der Waals surface area contributed by atoms with E-state index in [1.54, 1.807) is 18.2 Å². The monoisotopic (exact) mass is 250 g/mol. The lowest BCUT2D eigenvalue weighted by Crippen LogP contribution is -1.99. The Morgan fingerprint density at radius 1 is 1.24 bits per heavy atom. The highest BCUT2D eigenvalue weighted by molar-refractivity contribution is 6.33. The molecule has 0 spiro atoms. The molecule has 2 aromatic rings. The van der Waals surface area contributed by atoms with Gasteiger partial charge in [0.1, 0.15) is 5.82 Å². The van der Waals surface area contributed by atoms with Gasteiger partial charge < -0.3 is 11.1 Å². The van der Waals surface area contributed by atoms with Gasteiger partial charge in [-0.05, 0) is 36.8 Å². The molecule has 0 bridgehead atoms. The lowest BCUT2D eigenvalue weighted by Gasteiger charge is -2.12. The number of aryl methyl sites for hydroxylation is 1. The Kier molecular flexibility index (Phi) is 3.20. The molecule has 0 aliphatic carbocycles. The van der Waals surface area contributed by atoms with Gasteiger partial charge in [-0.25, -0.2) is 4.39 Å². The molecule has 0 saturated carbocycles. The lowest BCUT2D eigenvalue weighted by molar-refractivity contribution is 0.632. The molecule has 0 atom stereocenters. The first kappa shape index (κ1) is 11.7. The van der Waals surface area contributed by atoms with Crippen molar-refractivity contribution >= 4 is 28.7 Å². The standard InChI is InChI=1S/C13H12ClFN2/c1-8-5-6-11(16)12(7-8)17-13-9(14)3-2-4-10(13)15/h2-7,17H,16H2,1H3. The predicted octanol–water partition coefficient (Wildman–Crippen LogP) is 4.11. The molecule has 17 heavy (non-hydrogen) atoms. The zero-order valence-electron chi connectivity index (χ0n) is 9.30. The van der Waals surface area contributed by atoms with Gasteiger partial charge in [-0.2, -0.15) is 0 Å². The number of benzene rings is 2. The van der Waals surface area contributed by atoms with E-state index in [2.05, 4.69) is 5.32 Å². The smallest absolute Gasteiger partial charge is 0.148 e. The second kappa shape index (κ2) is 4.63. The molecule has 3 N–H and O–H groups in total. The zero-order chi connectivity index (χ0) is 12.4. The van der Waals surface area contributed by atoms with Crippen LogP contribution < -0.4 is 11.1 Å². The number of hydrogen-bond acceptors (Lipinski definition) is 2. The normalized spacial score (nSPS) is 10.3. The van der Waals surface area contributed by atoms with Crippen molar-refractivity contribution in [1.29, 1.82) is 0 Å². The van der Waals surface area contributed by atoms with Crippen LogP contribution in [-0.2, 0) is 0 Å². The molecule has 0 aliphatic rings. The fraction of sp³-hybridized carbons (Fsp3) is 0.0769. The van der Waals surface area contributed by atoms with Gasteiger partial charge in [0, 0.05) is 0 Å². The molecule has 4 heteroatoms. The van der Waals surface area contributed by atoms with Crippen molar-refractivity contribution < 1.29 is 4.39 Å². The quantitative estimate of drug-likeness (QED) is 0.787. The van der Waals surface area contributed by atoms with Crippen molar-refractivity contribution in [1.82, 2.24) is 0 Å². The fourth-order valence-corrected chi connectivity index (χ4v) is 1.74. The Hall–Kier alpha value is -1.74. The van der Waals surface area contributed by atoms with E-state index in [1.165, 1.54) is 6.07 Å². The van der Waals surface area contributed by atoms with E-state index in [1.807, 2.05) is 19.1 Å². The second-order valence-electron chi connectivity index (χ2n) is 3.81. The molecule has 0 heterocycles. The van der Waals surface area contributed by atoms with Crippen LogP contribution in [0.4, 0.5) is 21.5 Å². The maximum atomic E-state index is 13.6. The van der Waals surface area contributed by atoms with Gasteiger partial charge in [0.05, 0.1) is 22.1 Å². The molecule has 2 nitrogen and oxygen atoms in total. The summed E-state index contributed by atoms with van der Waals surface area (Å²) in [5.41, 5.74) is 8.29. The van der Waals surface area contributed by atoms with E-state index in [9.17, 15) is 4.39 Å². The average Bonchev–Trinajstić information content (AvgIpc) is 2.28. The van der Waals surface area contributed by atoms with Crippen molar-refractivity contribution in [2.45, 2.75) is 6.92 Å². The van der Waals surface area contributed by atoms with E-state index in [0.29, 0.717) is 16.4 Å². The Bertz CT molecular complexity index is 535. The minimum atomic E-state index is -0.404. The summed E-state index contributed by atoms with van der Waals surface area (Å²) in [7, 11) is 0. The van der Waals surface area contributed by atoms with E-state index in [-0.39, 0.29) is 5.69 Å². The molecule has 0 saturated heterocycles. The molecule has 2 rings (SSSR count). The van der Waals surface area contributed by atoms with Crippen LogP contribution in [0.25, 0.3) is 0 Å². The van der Waals surface area contributed by atoms with Gasteiger partial charge >= 0.3 is 0 Å². The van der Waals surface area contributed by atoms with Gasteiger partial charge in [-0.1, -0.05) is 23.7 Å². The van der Waals surface area contributed by atoms with E-state index in [0.717, 1.165) is 5.56 Å². The molecule has 0 unspecified atom stereocenters. The summed E-state index contributed by atoms with van der Waals surface area (Å²) >= 11 is 5.93. The van der Waals surface area contributed by atoms with E-state index in [4.69, 9.17) is 17.3 Å². The van der Waals surface area contributed by atoms with Crippen LogP contribution in [0.5, 0.6) is 0 Å². The Balaban J connectivity index is 2.41. The Morgan fingerprint density at radius 2 is 2.00 bits per heavy atom. The van der Waals surface area contributed by atoms with Crippen molar-refractivity contribution in [3.8, 4) is 0 Å². The molecule has 0 fully saturated rings. The molecule has 88 valence electrons. The summed E-state index contributed by atoms with van der Waals surface area (Å²) in [5.74, 6) is -0.404. The summed E-state index contributed by atoms with van der Waals surface area (Å²) in [6, 6.07) is 10.0. The molecule has 0 radical (unpaired) electrons. The van der Waals surface area contributed by atoms with Gasteiger partial charge in [0.25, 0.3) is 0 Å². The number of nitrogens with two attached hydrogens (primary N) is 1. The summed E-state index contributed by atoms with van der Waals surface area (Å²) < 4.78 is 13.6. The SMILES string of the molecule is Cc1ccc(N)c(Nc2c(F)cccc2Cl)c1. The second-order valence-corrected chi connectivity index (χ2v) is 4.22. The third kappa shape index (κ3) is 2.50. The van der Waals surface area contributed by atoms with Gasteiger partial charge in [-0.3, -0.25) is 0 Å². The maximum absolute atomic E-state index is 13.6. The van der Waals surface area contributed by atoms with Crippen LogP contribution in [0.1, 0.15) is 5.56 Å². The average molecular weight is 251 g/mol. The summed E-state index contributed by atoms with van der Waals surface area (Å²) in [6.07, 6.45) is 0. The summed E-state index contributed by atoms with van der Waals surface area (Å²) in [6.45, 7) is 1.94. The molecular formula is C13H12ClFN2. The first-order valence-electron chi connectivity index (χ1n) is 5.15. The first-order chi connectivity index (χ1) is 8.08. The van der Waals surface area contributed by atoms with Gasteiger partial charge in [-0.15, -0.1) is 0 Å². The summed E-state index contributed by atoms with van der Waals surface area (Å²) in [5, 5.41) is 3.24. The van der Waals surface area contributed by atoms with Crippen LogP contribution in [0.2, 0.25) is 5.02 Å². The van der Waals surface area contributed by atoms with Gasteiger partial charge in [0.2, 0.25) is 0 Å². The number of nitrogen functional groups attached to an aromatic ring is 1. The third-order valence-corrected chi connectivity index (χ3v) is 2.75. The molecule has 0 amide bonds. The number of rotatable bonds is 2. The first-order valence-corrected chi connectivity index (χ1v) is 5.53. The number of anilines is 3. The zero-order valence-corrected chi connectivity index (χ0v) is 10.1. The van der Waals surface area contributed by atoms with Crippen LogP contribution in [0.3, 0.4) is 0 Å². The molecular weight excluding hydrogens is 239 g/mol. The highest BCUT2D eigenvalue weighted by Crippen LogP contribution is 2.30. The Labute approximate surface area is 104 Å². The van der Waals surface area contributed by atoms with Crippen molar-refractivity contribution in [3.05, 3.63) is 52.8 Å². The summed E-state index contributed by atoms with van der Waals surface area (Å²) in [4.78, 5) is 0. The van der Waals surface area contributed by atoms with Crippen molar-refractivity contribution in [2.24, 2.45) is 0 Å². The maximum Gasteiger partial charge on any atom is 0.148 e. The number of para-hydroxylation sites is 1. The molecule has 2 aromatic carbocycles. The Morgan fingerprint density at radius 3 is 2.71 bits per heavy atom. The van der Waals surface area contributed by atoms with E-state index < -0.39 is 5.82 Å². The molecule has 0 aromatic heterocycles. The van der Waals surface area contributed by atoms with Crippen molar-refractivity contribution in [3.63, 3.8) is 0 Å². The van der Waals surface area contributed by atoms with E-state index >= 15 is 0 Å². The number of nitrogens with one attached hydrogen (secondary N) is 1. The van der Waals surface area contributed by atoms with Crippen LogP contribution in [0.15, 0.2) is 36.4 Å². The van der Waals surface area contributed by atoms with Crippen LogP contribution >= 0.6 is 11.6 Å². The third-order valence-electron chi connectivity index (χ3n) is 2.43. The highest BCUT2D eigenvalue weighted by atomic mass is 35.5. The predicted molar refractivity (Wildman–Crippen MR) is 70.3 cm³/mol.